The van der Waals surface area contributed by atoms with Crippen LogP contribution in [0, 0.1) is 6.92 Å². The molecule has 0 spiro atoms. The van der Waals surface area contributed by atoms with E-state index in [1.807, 2.05) is 20.0 Å². The minimum Gasteiger partial charge on any atom is -0.336 e. The normalized spacial score (nSPS) is 12.4. The molecule has 23 heavy (non-hydrogen) atoms. The number of hydrogen-bond donors (Lipinski definition) is 2. The number of carbonyl (C=O) groups excluding carboxylic acids is 1. The van der Waals surface area contributed by atoms with E-state index in [0.717, 1.165) is 18.8 Å². The first-order valence-electron chi connectivity index (χ1n) is 7.86. The molecule has 126 valence electrons. The van der Waals surface area contributed by atoms with Gasteiger partial charge in [-0.1, -0.05) is 13.8 Å². The van der Waals surface area contributed by atoms with Gasteiger partial charge >= 0.3 is 6.03 Å². The number of carbonyl (C=O) groups is 1. The van der Waals surface area contributed by atoms with E-state index in [1.54, 1.807) is 16.0 Å². The van der Waals surface area contributed by atoms with Crippen LogP contribution in [-0.4, -0.2) is 40.3 Å². The summed E-state index contributed by atoms with van der Waals surface area (Å²) >= 11 is 1.68. The summed E-state index contributed by atoms with van der Waals surface area (Å²) in [5, 5.41) is 14.3. The fraction of sp³-hybridized carbons (Fsp3) is 0.500. The van der Waals surface area contributed by atoms with Crippen molar-refractivity contribution < 1.29 is 4.79 Å². The van der Waals surface area contributed by atoms with Crippen LogP contribution >= 0.6 is 11.3 Å². The van der Waals surface area contributed by atoms with E-state index >= 15 is 0 Å². The van der Waals surface area contributed by atoms with Gasteiger partial charge in [-0.2, -0.15) is 16.4 Å². The SMILES string of the molecule is CCN(CC)[C@H](CNC(=O)Nc1cc(C)nn1C)c1ccsc1. The van der Waals surface area contributed by atoms with E-state index in [2.05, 4.69) is 51.3 Å². The number of aryl methyl sites for hydroxylation is 2. The second-order valence-corrected chi connectivity index (χ2v) is 6.20. The van der Waals surface area contributed by atoms with Gasteiger partial charge in [0.2, 0.25) is 0 Å². The number of nitrogens with one attached hydrogen (secondary N) is 2. The van der Waals surface area contributed by atoms with Crippen LogP contribution in [0.25, 0.3) is 0 Å². The van der Waals surface area contributed by atoms with Crippen molar-refractivity contribution in [3.63, 3.8) is 0 Å². The molecule has 0 aliphatic carbocycles. The van der Waals surface area contributed by atoms with Gasteiger partial charge in [0.25, 0.3) is 0 Å². The molecule has 0 bridgehead atoms. The van der Waals surface area contributed by atoms with Gasteiger partial charge in [0, 0.05) is 19.7 Å². The predicted molar refractivity (Wildman–Crippen MR) is 94.9 cm³/mol. The summed E-state index contributed by atoms with van der Waals surface area (Å²) in [4.78, 5) is 14.5. The van der Waals surface area contributed by atoms with Crippen molar-refractivity contribution in [3.05, 3.63) is 34.2 Å². The Hall–Kier alpha value is -1.86. The smallest absolute Gasteiger partial charge is 0.320 e. The zero-order valence-corrected chi connectivity index (χ0v) is 15.0. The number of thiophene rings is 1. The third-order valence-corrected chi connectivity index (χ3v) is 4.58. The fourth-order valence-electron chi connectivity index (χ4n) is 2.66. The van der Waals surface area contributed by atoms with Crippen molar-refractivity contribution in [2.75, 3.05) is 25.0 Å². The van der Waals surface area contributed by atoms with Crippen LogP contribution in [-0.2, 0) is 7.05 Å². The first-order chi connectivity index (χ1) is 11.0. The largest absolute Gasteiger partial charge is 0.336 e. The van der Waals surface area contributed by atoms with Crippen molar-refractivity contribution in [2.24, 2.45) is 7.05 Å². The highest BCUT2D eigenvalue weighted by Gasteiger charge is 2.19. The summed E-state index contributed by atoms with van der Waals surface area (Å²) in [6.07, 6.45) is 0. The zero-order chi connectivity index (χ0) is 16.8. The molecule has 0 saturated heterocycles. The lowest BCUT2D eigenvalue weighted by atomic mass is 10.1. The van der Waals surface area contributed by atoms with Crippen LogP contribution < -0.4 is 10.6 Å². The molecule has 2 amide bonds. The van der Waals surface area contributed by atoms with Crippen molar-refractivity contribution in [3.8, 4) is 0 Å². The van der Waals surface area contributed by atoms with Crippen molar-refractivity contribution in [1.82, 2.24) is 20.0 Å². The summed E-state index contributed by atoms with van der Waals surface area (Å²) in [6, 6.07) is 3.95. The molecule has 2 rings (SSSR count). The number of nitrogens with zero attached hydrogens (tertiary/aromatic N) is 3. The van der Waals surface area contributed by atoms with Gasteiger partial charge in [0.05, 0.1) is 11.7 Å². The predicted octanol–water partition coefficient (Wildman–Crippen LogP) is 2.99. The number of likely N-dealkylation sites (N-methyl/N-ethyl adjacent to an activating group) is 1. The molecule has 2 aromatic rings. The van der Waals surface area contributed by atoms with Gasteiger partial charge in [-0.15, -0.1) is 0 Å². The Bertz CT molecular complexity index is 618. The van der Waals surface area contributed by atoms with Gasteiger partial charge in [-0.3, -0.25) is 14.9 Å². The highest BCUT2D eigenvalue weighted by molar-refractivity contribution is 7.07. The molecule has 2 N–H and O–H groups in total. The molecule has 0 saturated carbocycles. The van der Waals surface area contributed by atoms with E-state index in [1.165, 1.54) is 5.56 Å². The van der Waals surface area contributed by atoms with Crippen LogP contribution in [0.5, 0.6) is 0 Å². The Morgan fingerprint density at radius 3 is 2.70 bits per heavy atom. The van der Waals surface area contributed by atoms with Crippen LogP contribution in [0.2, 0.25) is 0 Å². The standard InChI is InChI=1S/C16H25N5OS/c1-5-21(6-2)14(13-7-8-23-11-13)10-17-16(22)18-15-9-12(3)19-20(15)4/h7-9,11,14H,5-6,10H2,1-4H3,(H2,17,18,22)/t14-/m1/s1. The molecular weight excluding hydrogens is 310 g/mol. The van der Waals surface area contributed by atoms with E-state index in [-0.39, 0.29) is 12.1 Å². The molecule has 7 heteroatoms. The van der Waals surface area contributed by atoms with Crippen molar-refractivity contribution >= 4 is 23.2 Å². The second kappa shape index (κ2) is 8.12. The van der Waals surface area contributed by atoms with Gasteiger partial charge in [0.1, 0.15) is 5.82 Å². The first-order valence-corrected chi connectivity index (χ1v) is 8.81. The lowest BCUT2D eigenvalue weighted by Gasteiger charge is -2.29. The Morgan fingerprint density at radius 1 is 1.43 bits per heavy atom. The Morgan fingerprint density at radius 2 is 2.17 bits per heavy atom. The number of hydrogen-bond acceptors (Lipinski definition) is 4. The molecule has 0 fully saturated rings. The first kappa shape index (κ1) is 17.5. The zero-order valence-electron chi connectivity index (χ0n) is 14.2. The molecule has 0 aliphatic heterocycles. The fourth-order valence-corrected chi connectivity index (χ4v) is 3.37. The van der Waals surface area contributed by atoms with Crippen LogP contribution in [0.4, 0.5) is 10.6 Å². The molecule has 2 aromatic heterocycles. The number of amides is 2. The summed E-state index contributed by atoms with van der Waals surface area (Å²) in [6.45, 7) is 8.64. The lowest BCUT2D eigenvalue weighted by Crippen LogP contribution is -2.39. The minimum atomic E-state index is -0.208. The Kier molecular flexibility index (Phi) is 6.18. The molecule has 0 aromatic carbocycles. The number of rotatable bonds is 7. The lowest BCUT2D eigenvalue weighted by molar-refractivity contribution is 0.210. The van der Waals surface area contributed by atoms with E-state index in [9.17, 15) is 4.79 Å². The van der Waals surface area contributed by atoms with Crippen molar-refractivity contribution in [2.45, 2.75) is 26.8 Å². The topological polar surface area (TPSA) is 62.2 Å². The molecule has 1 atom stereocenters. The average molecular weight is 335 g/mol. The van der Waals surface area contributed by atoms with Gasteiger partial charge in [-0.05, 0) is 42.4 Å². The minimum absolute atomic E-state index is 0.190. The maximum absolute atomic E-state index is 12.2. The third kappa shape index (κ3) is 4.56. The van der Waals surface area contributed by atoms with Crippen LogP contribution in [0.15, 0.2) is 22.9 Å². The molecular formula is C16H25N5OS. The molecule has 0 unspecified atom stereocenters. The summed E-state index contributed by atoms with van der Waals surface area (Å²) in [5.74, 6) is 0.690. The molecule has 6 nitrogen and oxygen atoms in total. The van der Waals surface area contributed by atoms with E-state index < -0.39 is 0 Å². The Balaban J connectivity index is 1.98. The van der Waals surface area contributed by atoms with Crippen LogP contribution in [0.3, 0.4) is 0 Å². The molecule has 2 heterocycles. The summed E-state index contributed by atoms with van der Waals surface area (Å²) in [5.41, 5.74) is 2.12. The van der Waals surface area contributed by atoms with Gasteiger partial charge in [0.15, 0.2) is 0 Å². The Labute approximate surface area is 141 Å². The monoisotopic (exact) mass is 335 g/mol. The van der Waals surface area contributed by atoms with Crippen LogP contribution in [0.1, 0.15) is 31.1 Å². The maximum atomic E-state index is 12.2. The maximum Gasteiger partial charge on any atom is 0.320 e. The summed E-state index contributed by atoms with van der Waals surface area (Å²) in [7, 11) is 1.81. The quantitative estimate of drug-likeness (QED) is 0.818. The van der Waals surface area contributed by atoms with Gasteiger partial charge < -0.3 is 5.32 Å². The molecule has 0 aliphatic rings. The highest BCUT2D eigenvalue weighted by Crippen LogP contribution is 2.22. The second-order valence-electron chi connectivity index (χ2n) is 5.42. The number of anilines is 1. The average Bonchev–Trinajstić information content (AvgIpc) is 3.14. The highest BCUT2D eigenvalue weighted by atomic mass is 32.1. The molecule has 0 radical (unpaired) electrons. The van der Waals surface area contributed by atoms with E-state index in [4.69, 9.17) is 0 Å². The summed E-state index contributed by atoms with van der Waals surface area (Å²) < 4.78 is 1.66. The number of urea groups is 1. The van der Waals surface area contributed by atoms with E-state index in [0.29, 0.717) is 12.4 Å². The van der Waals surface area contributed by atoms with Crippen molar-refractivity contribution in [1.29, 1.82) is 0 Å². The van der Waals surface area contributed by atoms with Gasteiger partial charge in [-0.25, -0.2) is 4.79 Å². The number of aromatic nitrogens is 2. The third-order valence-electron chi connectivity index (χ3n) is 3.88.